The van der Waals surface area contributed by atoms with Crippen molar-refractivity contribution in [1.82, 2.24) is 0 Å². The zero-order valence-electron chi connectivity index (χ0n) is 17.5. The molecule has 1 atom stereocenters. The number of benzene rings is 3. The molecule has 3 aromatic carbocycles. The van der Waals surface area contributed by atoms with E-state index in [0.717, 1.165) is 54.7 Å². The van der Waals surface area contributed by atoms with Gasteiger partial charge in [-0.1, -0.05) is 24.3 Å². The van der Waals surface area contributed by atoms with Crippen molar-refractivity contribution in [3.8, 4) is 5.75 Å². The van der Waals surface area contributed by atoms with Crippen LogP contribution in [0, 0.1) is 0 Å². The maximum Gasteiger partial charge on any atom is 0.262 e. The Balaban J connectivity index is 1.53. The number of methoxy groups -OCH3 is 1. The number of hydrogen-bond donors (Lipinski definition) is 1. The molecule has 0 saturated carbocycles. The molecule has 0 bridgehead atoms. The fourth-order valence-electron chi connectivity index (χ4n) is 4.21. The second-order valence-corrected chi connectivity index (χ2v) is 7.66. The molecule has 158 valence electrons. The van der Waals surface area contributed by atoms with E-state index in [-0.39, 0.29) is 12.1 Å². The third-order valence-electron chi connectivity index (χ3n) is 5.84. The summed E-state index contributed by atoms with van der Waals surface area (Å²) >= 11 is 0. The number of ether oxygens (including phenoxy) is 2. The van der Waals surface area contributed by atoms with Gasteiger partial charge in [-0.15, -0.1) is 0 Å². The van der Waals surface area contributed by atoms with E-state index in [0.29, 0.717) is 5.56 Å². The highest BCUT2D eigenvalue weighted by atomic mass is 16.5. The van der Waals surface area contributed by atoms with E-state index >= 15 is 0 Å². The Morgan fingerprint density at radius 2 is 1.68 bits per heavy atom. The first-order chi connectivity index (χ1) is 15.2. The SMILES string of the molecule is COc1cccc([C@@H]2Nc3ccccc3C(=O)N2c2ccc(N3CCOCC3)cc2)c1. The highest BCUT2D eigenvalue weighted by molar-refractivity contribution is 6.12. The smallest absolute Gasteiger partial charge is 0.262 e. The molecule has 1 amide bonds. The van der Waals surface area contributed by atoms with Gasteiger partial charge in [-0.05, 0) is 54.1 Å². The number of rotatable bonds is 4. The molecule has 6 nitrogen and oxygen atoms in total. The molecule has 1 saturated heterocycles. The summed E-state index contributed by atoms with van der Waals surface area (Å²) < 4.78 is 10.9. The number of carbonyl (C=O) groups is 1. The van der Waals surface area contributed by atoms with E-state index in [4.69, 9.17) is 9.47 Å². The molecule has 1 N–H and O–H groups in total. The molecule has 0 unspecified atom stereocenters. The standard InChI is InChI=1S/C25H25N3O3/c1-30-21-6-4-5-18(17-21)24-26-23-8-3-2-7-22(23)25(29)28(24)20-11-9-19(10-12-20)27-13-15-31-16-14-27/h2-12,17,24,26H,13-16H2,1H3/t24-/m1/s1. The number of carbonyl (C=O) groups excluding carboxylic acids is 1. The molecular formula is C25H25N3O3. The van der Waals surface area contributed by atoms with Crippen LogP contribution in [0.5, 0.6) is 5.75 Å². The lowest BCUT2D eigenvalue weighted by atomic mass is 10.0. The molecular weight excluding hydrogens is 390 g/mol. The van der Waals surface area contributed by atoms with E-state index in [9.17, 15) is 4.79 Å². The van der Waals surface area contributed by atoms with Gasteiger partial charge in [-0.25, -0.2) is 0 Å². The van der Waals surface area contributed by atoms with Gasteiger partial charge in [-0.2, -0.15) is 0 Å². The average molecular weight is 415 g/mol. The predicted octanol–water partition coefficient (Wildman–Crippen LogP) is 4.30. The predicted molar refractivity (Wildman–Crippen MR) is 122 cm³/mol. The van der Waals surface area contributed by atoms with Crippen LogP contribution in [0.4, 0.5) is 17.1 Å². The van der Waals surface area contributed by atoms with Crippen LogP contribution in [0.1, 0.15) is 22.1 Å². The number of anilines is 3. The Morgan fingerprint density at radius 3 is 2.45 bits per heavy atom. The Labute approximate surface area is 182 Å². The minimum Gasteiger partial charge on any atom is -0.497 e. The highest BCUT2D eigenvalue weighted by Crippen LogP contribution is 2.38. The Morgan fingerprint density at radius 1 is 0.935 bits per heavy atom. The minimum atomic E-state index is -0.341. The molecule has 31 heavy (non-hydrogen) atoms. The molecule has 0 radical (unpaired) electrons. The average Bonchev–Trinajstić information content (AvgIpc) is 2.85. The van der Waals surface area contributed by atoms with E-state index in [2.05, 4.69) is 22.3 Å². The second kappa shape index (κ2) is 8.32. The summed E-state index contributed by atoms with van der Waals surface area (Å²) in [6.07, 6.45) is -0.341. The van der Waals surface area contributed by atoms with Crippen LogP contribution >= 0.6 is 0 Å². The van der Waals surface area contributed by atoms with Crippen molar-refractivity contribution < 1.29 is 14.3 Å². The van der Waals surface area contributed by atoms with Gasteiger partial charge in [-0.3, -0.25) is 9.69 Å². The van der Waals surface area contributed by atoms with Crippen molar-refractivity contribution in [3.05, 3.63) is 83.9 Å². The van der Waals surface area contributed by atoms with Crippen LogP contribution in [0.15, 0.2) is 72.8 Å². The largest absolute Gasteiger partial charge is 0.497 e. The number of morpholine rings is 1. The van der Waals surface area contributed by atoms with Crippen molar-refractivity contribution in [3.63, 3.8) is 0 Å². The molecule has 0 spiro atoms. The van der Waals surface area contributed by atoms with Gasteiger partial charge in [0.2, 0.25) is 0 Å². The number of amides is 1. The summed E-state index contributed by atoms with van der Waals surface area (Å²) in [6, 6.07) is 23.7. The van der Waals surface area contributed by atoms with E-state index in [1.165, 1.54) is 0 Å². The fourth-order valence-corrected chi connectivity index (χ4v) is 4.21. The summed E-state index contributed by atoms with van der Waals surface area (Å²) in [7, 11) is 1.65. The van der Waals surface area contributed by atoms with Crippen LogP contribution in [-0.4, -0.2) is 39.3 Å². The Bertz CT molecular complexity index is 1080. The lowest BCUT2D eigenvalue weighted by molar-refractivity contribution is 0.0975. The minimum absolute atomic E-state index is 0.0266. The van der Waals surface area contributed by atoms with E-state index in [1.807, 2.05) is 65.6 Å². The summed E-state index contributed by atoms with van der Waals surface area (Å²) in [5, 5.41) is 3.54. The molecule has 6 heteroatoms. The molecule has 5 rings (SSSR count). The van der Waals surface area contributed by atoms with Crippen LogP contribution < -0.4 is 19.9 Å². The molecule has 2 aliphatic heterocycles. The molecule has 0 aromatic heterocycles. The van der Waals surface area contributed by atoms with Gasteiger partial charge in [0.05, 0.1) is 25.9 Å². The fraction of sp³-hybridized carbons (Fsp3) is 0.240. The van der Waals surface area contributed by atoms with Gasteiger partial charge in [0.15, 0.2) is 0 Å². The molecule has 2 aliphatic rings. The maximum atomic E-state index is 13.6. The van der Waals surface area contributed by atoms with Crippen molar-refractivity contribution in [1.29, 1.82) is 0 Å². The van der Waals surface area contributed by atoms with Crippen molar-refractivity contribution in [2.75, 3.05) is 48.5 Å². The second-order valence-electron chi connectivity index (χ2n) is 7.66. The number of nitrogens with one attached hydrogen (secondary N) is 1. The van der Waals surface area contributed by atoms with Crippen LogP contribution in [0.3, 0.4) is 0 Å². The highest BCUT2D eigenvalue weighted by Gasteiger charge is 2.34. The first-order valence-electron chi connectivity index (χ1n) is 10.5. The summed E-state index contributed by atoms with van der Waals surface area (Å²) in [4.78, 5) is 17.7. The van der Waals surface area contributed by atoms with Crippen LogP contribution in [0.25, 0.3) is 0 Å². The summed E-state index contributed by atoms with van der Waals surface area (Å²) in [5.41, 5.74) is 4.44. The van der Waals surface area contributed by atoms with Gasteiger partial charge in [0, 0.05) is 30.2 Å². The van der Waals surface area contributed by atoms with Crippen molar-refractivity contribution >= 4 is 23.0 Å². The normalized spacial score (nSPS) is 18.4. The maximum absolute atomic E-state index is 13.6. The van der Waals surface area contributed by atoms with Crippen molar-refractivity contribution in [2.45, 2.75) is 6.17 Å². The zero-order chi connectivity index (χ0) is 21.2. The van der Waals surface area contributed by atoms with Crippen molar-refractivity contribution in [2.24, 2.45) is 0 Å². The quantitative estimate of drug-likeness (QED) is 0.689. The van der Waals surface area contributed by atoms with Gasteiger partial charge >= 0.3 is 0 Å². The molecule has 0 aliphatic carbocycles. The van der Waals surface area contributed by atoms with Gasteiger partial charge < -0.3 is 19.7 Å². The summed E-state index contributed by atoms with van der Waals surface area (Å²) in [5.74, 6) is 0.731. The third-order valence-corrected chi connectivity index (χ3v) is 5.84. The molecule has 3 aromatic rings. The zero-order valence-corrected chi connectivity index (χ0v) is 17.5. The number of nitrogens with zero attached hydrogens (tertiary/aromatic N) is 2. The monoisotopic (exact) mass is 415 g/mol. The third kappa shape index (κ3) is 3.70. The van der Waals surface area contributed by atoms with Gasteiger partial charge in [0.1, 0.15) is 11.9 Å². The van der Waals surface area contributed by atoms with E-state index in [1.54, 1.807) is 7.11 Å². The Kier molecular flexibility index (Phi) is 5.22. The summed E-state index contributed by atoms with van der Waals surface area (Å²) in [6.45, 7) is 3.24. The van der Waals surface area contributed by atoms with Gasteiger partial charge in [0.25, 0.3) is 5.91 Å². The Hall–Kier alpha value is -3.51. The number of para-hydroxylation sites is 1. The first-order valence-corrected chi connectivity index (χ1v) is 10.5. The topological polar surface area (TPSA) is 54.0 Å². The lowest BCUT2D eigenvalue weighted by Crippen LogP contribution is -2.43. The first kappa shape index (κ1) is 19.5. The van der Waals surface area contributed by atoms with E-state index < -0.39 is 0 Å². The molecule has 1 fully saturated rings. The molecule has 2 heterocycles. The van der Waals surface area contributed by atoms with Crippen LogP contribution in [-0.2, 0) is 4.74 Å². The number of hydrogen-bond acceptors (Lipinski definition) is 5. The number of fused-ring (bicyclic) bond motifs is 1. The lowest BCUT2D eigenvalue weighted by Gasteiger charge is -2.38. The van der Waals surface area contributed by atoms with Crippen LogP contribution in [0.2, 0.25) is 0 Å².